The predicted octanol–water partition coefficient (Wildman–Crippen LogP) is 3.87. The lowest BCUT2D eigenvalue weighted by Crippen LogP contribution is -1.98. The number of aromatic nitrogens is 2. The maximum Gasteiger partial charge on any atom is 0.139 e. The first kappa shape index (κ1) is 11.9. The van der Waals surface area contributed by atoms with E-state index in [2.05, 4.69) is 9.97 Å². The van der Waals surface area contributed by atoms with Crippen molar-refractivity contribution in [2.24, 2.45) is 0 Å². The third-order valence-corrected chi connectivity index (χ3v) is 3.24. The molecule has 0 unspecified atom stereocenters. The topological polar surface area (TPSA) is 28.7 Å². The summed E-state index contributed by atoms with van der Waals surface area (Å²) in [5.41, 5.74) is 3.68. The standard InChI is InChI=1S/C13H13FN2S/c1-7-6-10(14)4-5-11(7)12-15-9(3)8(2)13(17)16-12/h4-6H,1-3H3,(H,15,16,17). The first-order chi connectivity index (χ1) is 7.99. The summed E-state index contributed by atoms with van der Waals surface area (Å²) < 4.78 is 13.6. The molecule has 0 amide bonds. The molecule has 0 aliphatic rings. The number of halogens is 1. The number of aromatic amines is 1. The van der Waals surface area contributed by atoms with E-state index in [1.54, 1.807) is 6.07 Å². The van der Waals surface area contributed by atoms with Crippen LogP contribution < -0.4 is 0 Å². The van der Waals surface area contributed by atoms with Crippen molar-refractivity contribution in [1.29, 1.82) is 0 Å². The Morgan fingerprint density at radius 3 is 2.53 bits per heavy atom. The first-order valence-corrected chi connectivity index (χ1v) is 5.74. The van der Waals surface area contributed by atoms with Crippen molar-refractivity contribution in [3.8, 4) is 11.4 Å². The normalized spacial score (nSPS) is 10.6. The van der Waals surface area contributed by atoms with Crippen molar-refractivity contribution in [2.45, 2.75) is 20.8 Å². The molecule has 0 spiro atoms. The molecule has 0 saturated carbocycles. The van der Waals surface area contributed by atoms with Gasteiger partial charge in [-0.15, -0.1) is 0 Å². The molecule has 1 aromatic carbocycles. The van der Waals surface area contributed by atoms with Gasteiger partial charge < -0.3 is 4.98 Å². The van der Waals surface area contributed by atoms with Crippen molar-refractivity contribution in [1.82, 2.24) is 9.97 Å². The number of H-pyrrole nitrogens is 1. The fourth-order valence-corrected chi connectivity index (χ4v) is 1.91. The van der Waals surface area contributed by atoms with Gasteiger partial charge in [0.15, 0.2) is 0 Å². The lowest BCUT2D eigenvalue weighted by Gasteiger charge is -2.08. The maximum absolute atomic E-state index is 13.0. The minimum Gasteiger partial charge on any atom is -0.343 e. The van der Waals surface area contributed by atoms with Gasteiger partial charge in [-0.2, -0.15) is 0 Å². The molecule has 1 N–H and O–H groups in total. The van der Waals surface area contributed by atoms with Gasteiger partial charge in [0.2, 0.25) is 0 Å². The van der Waals surface area contributed by atoms with E-state index < -0.39 is 0 Å². The summed E-state index contributed by atoms with van der Waals surface area (Å²) in [6.07, 6.45) is 0. The van der Waals surface area contributed by atoms with Gasteiger partial charge in [0, 0.05) is 16.8 Å². The minimum atomic E-state index is -0.242. The SMILES string of the molecule is Cc1cc(F)ccc1-c1nc(=S)c(C)c(C)[nH]1. The van der Waals surface area contributed by atoms with Crippen LogP contribution in [0.3, 0.4) is 0 Å². The monoisotopic (exact) mass is 248 g/mol. The molecule has 2 rings (SSSR count). The molecule has 0 fully saturated rings. The largest absolute Gasteiger partial charge is 0.343 e. The highest BCUT2D eigenvalue weighted by molar-refractivity contribution is 7.71. The lowest BCUT2D eigenvalue weighted by molar-refractivity contribution is 0.627. The van der Waals surface area contributed by atoms with Crippen LogP contribution in [-0.4, -0.2) is 9.97 Å². The Hall–Kier alpha value is -1.55. The summed E-state index contributed by atoms with van der Waals surface area (Å²) in [6.45, 7) is 5.74. The average Bonchev–Trinajstić information content (AvgIpc) is 2.25. The third-order valence-electron chi connectivity index (χ3n) is 2.85. The molecule has 2 aromatic rings. The van der Waals surface area contributed by atoms with E-state index in [1.807, 2.05) is 20.8 Å². The number of rotatable bonds is 1. The number of nitrogens with one attached hydrogen (secondary N) is 1. The molecule has 0 radical (unpaired) electrons. The van der Waals surface area contributed by atoms with Crippen LogP contribution in [0.5, 0.6) is 0 Å². The van der Waals surface area contributed by atoms with E-state index in [0.29, 0.717) is 10.5 Å². The first-order valence-electron chi connectivity index (χ1n) is 5.33. The Bertz CT molecular complexity index is 632. The zero-order chi connectivity index (χ0) is 12.6. The van der Waals surface area contributed by atoms with Gasteiger partial charge >= 0.3 is 0 Å². The summed E-state index contributed by atoms with van der Waals surface area (Å²) in [4.78, 5) is 7.52. The van der Waals surface area contributed by atoms with Gasteiger partial charge in [-0.3, -0.25) is 0 Å². The molecule has 1 aromatic heterocycles. The van der Waals surface area contributed by atoms with Gasteiger partial charge in [0.1, 0.15) is 16.3 Å². The number of hydrogen-bond donors (Lipinski definition) is 1. The van der Waals surface area contributed by atoms with E-state index in [1.165, 1.54) is 12.1 Å². The van der Waals surface area contributed by atoms with E-state index in [-0.39, 0.29) is 5.82 Å². The summed E-state index contributed by atoms with van der Waals surface area (Å²) >= 11 is 5.19. The van der Waals surface area contributed by atoms with Crippen molar-refractivity contribution < 1.29 is 4.39 Å². The van der Waals surface area contributed by atoms with E-state index in [0.717, 1.165) is 22.4 Å². The van der Waals surface area contributed by atoms with Crippen molar-refractivity contribution in [3.63, 3.8) is 0 Å². The smallest absolute Gasteiger partial charge is 0.139 e. The Kier molecular flexibility index (Phi) is 3.07. The van der Waals surface area contributed by atoms with Crippen LogP contribution in [-0.2, 0) is 0 Å². The molecule has 2 nitrogen and oxygen atoms in total. The summed E-state index contributed by atoms with van der Waals surface area (Å²) in [6, 6.07) is 4.63. The summed E-state index contributed by atoms with van der Waals surface area (Å²) in [5.74, 6) is 0.448. The molecule has 4 heteroatoms. The van der Waals surface area contributed by atoms with Crippen LogP contribution in [0, 0.1) is 31.2 Å². The second-order valence-corrected chi connectivity index (χ2v) is 4.49. The van der Waals surface area contributed by atoms with Crippen LogP contribution in [0.4, 0.5) is 4.39 Å². The fourth-order valence-electron chi connectivity index (χ4n) is 1.67. The van der Waals surface area contributed by atoms with E-state index >= 15 is 0 Å². The highest BCUT2D eigenvalue weighted by Gasteiger charge is 2.07. The summed E-state index contributed by atoms with van der Waals surface area (Å²) in [5, 5.41) is 0. The minimum absolute atomic E-state index is 0.242. The molecule has 0 bridgehead atoms. The maximum atomic E-state index is 13.0. The predicted molar refractivity (Wildman–Crippen MR) is 69.0 cm³/mol. The number of aryl methyl sites for hydroxylation is 2. The molecule has 0 atom stereocenters. The number of benzene rings is 1. The highest BCUT2D eigenvalue weighted by Crippen LogP contribution is 2.21. The number of hydrogen-bond acceptors (Lipinski definition) is 2. The second kappa shape index (κ2) is 4.37. The van der Waals surface area contributed by atoms with E-state index in [9.17, 15) is 4.39 Å². The van der Waals surface area contributed by atoms with Crippen LogP contribution in [0.15, 0.2) is 18.2 Å². The quantitative estimate of drug-likeness (QED) is 0.776. The van der Waals surface area contributed by atoms with Crippen LogP contribution in [0.25, 0.3) is 11.4 Å². The molecule has 88 valence electrons. The van der Waals surface area contributed by atoms with Gasteiger partial charge in [0.25, 0.3) is 0 Å². The Labute approximate surface area is 105 Å². The van der Waals surface area contributed by atoms with Crippen molar-refractivity contribution in [2.75, 3.05) is 0 Å². The lowest BCUT2D eigenvalue weighted by atomic mass is 10.1. The van der Waals surface area contributed by atoms with E-state index in [4.69, 9.17) is 12.2 Å². The zero-order valence-electron chi connectivity index (χ0n) is 9.97. The molecule has 17 heavy (non-hydrogen) atoms. The van der Waals surface area contributed by atoms with Crippen LogP contribution >= 0.6 is 12.2 Å². The van der Waals surface area contributed by atoms with Gasteiger partial charge in [-0.25, -0.2) is 9.37 Å². The Balaban J connectivity index is 2.65. The molecule has 0 saturated heterocycles. The van der Waals surface area contributed by atoms with Gasteiger partial charge in [-0.1, -0.05) is 12.2 Å². The fraction of sp³-hybridized carbons (Fsp3) is 0.231. The van der Waals surface area contributed by atoms with Gasteiger partial charge in [-0.05, 0) is 44.5 Å². The summed E-state index contributed by atoms with van der Waals surface area (Å²) in [7, 11) is 0. The van der Waals surface area contributed by atoms with Crippen molar-refractivity contribution in [3.05, 3.63) is 45.5 Å². The zero-order valence-corrected chi connectivity index (χ0v) is 10.8. The second-order valence-electron chi connectivity index (χ2n) is 4.10. The van der Waals surface area contributed by atoms with Crippen molar-refractivity contribution >= 4 is 12.2 Å². The Morgan fingerprint density at radius 2 is 1.94 bits per heavy atom. The Morgan fingerprint density at radius 1 is 1.24 bits per heavy atom. The van der Waals surface area contributed by atoms with Crippen LogP contribution in [0.1, 0.15) is 16.8 Å². The molecular formula is C13H13FN2S. The molecule has 0 aliphatic heterocycles. The highest BCUT2D eigenvalue weighted by atomic mass is 32.1. The van der Waals surface area contributed by atoms with Crippen LogP contribution in [0.2, 0.25) is 0 Å². The van der Waals surface area contributed by atoms with Gasteiger partial charge in [0.05, 0.1) is 0 Å². The molecule has 0 aliphatic carbocycles. The third kappa shape index (κ3) is 2.26. The molecule has 1 heterocycles. The number of nitrogens with zero attached hydrogens (tertiary/aromatic N) is 1. The molecular weight excluding hydrogens is 235 g/mol. The average molecular weight is 248 g/mol.